The van der Waals surface area contributed by atoms with Gasteiger partial charge in [0, 0.05) is 6.20 Å². The number of nitrogens with two attached hydrogens (primary N) is 1. The topological polar surface area (TPSA) is 168 Å². The number of nitrogens with zero attached hydrogens (tertiary/aromatic N) is 2. The van der Waals surface area contributed by atoms with Gasteiger partial charge in [-0.1, -0.05) is 25.1 Å². The first-order chi connectivity index (χ1) is 19.3. The highest BCUT2D eigenvalue weighted by Crippen LogP contribution is 2.54. The number of aromatic nitrogens is 3. The van der Waals surface area contributed by atoms with E-state index in [0.717, 1.165) is 0 Å². The van der Waals surface area contributed by atoms with Crippen molar-refractivity contribution >= 4 is 42.1 Å². The first-order valence-electron chi connectivity index (χ1n) is 13.0. The standard InChI is InChI=1S/C26H33ClFN4O8P/c1-14(2)37-23(35)15(3)12-41(36,40-17-8-6-5-7-9-17)39-16(4)19-20(33)26(27,13-28)24(38-19)32-11-10-18-21(32)30-25(29)31-22(18)34/h5-11,14-16,19-20,24,33H,12-13H2,1-4H3,(H3,29,30,31,34)/t15-,16+,19-,20+,24-,26?,41-/m1/s1. The summed E-state index contributed by atoms with van der Waals surface area (Å²) in [5, 5.41) is 11.3. The van der Waals surface area contributed by atoms with Crippen molar-refractivity contribution in [2.75, 3.05) is 18.6 Å². The maximum Gasteiger partial charge on any atom is 0.380 e. The minimum atomic E-state index is -4.12. The number of fused-ring (bicyclic) bond motifs is 1. The Bertz CT molecular complexity index is 1490. The third-order valence-electron chi connectivity index (χ3n) is 6.59. The van der Waals surface area contributed by atoms with Crippen molar-refractivity contribution in [3.05, 3.63) is 52.9 Å². The quantitative estimate of drug-likeness (QED) is 0.164. The molecule has 3 heterocycles. The lowest BCUT2D eigenvalue weighted by Crippen LogP contribution is -2.46. The molecule has 15 heteroatoms. The largest absolute Gasteiger partial charge is 0.463 e. The van der Waals surface area contributed by atoms with Crippen LogP contribution >= 0.6 is 19.2 Å². The number of nitrogen functional groups attached to an aromatic ring is 1. The number of aromatic amines is 1. The van der Waals surface area contributed by atoms with Crippen molar-refractivity contribution in [2.45, 2.75) is 63.2 Å². The molecule has 1 fully saturated rings. The van der Waals surface area contributed by atoms with Crippen LogP contribution in [0.3, 0.4) is 0 Å². The van der Waals surface area contributed by atoms with E-state index < -0.39 is 61.1 Å². The number of para-hydroxylation sites is 1. The van der Waals surface area contributed by atoms with E-state index in [2.05, 4.69) is 9.97 Å². The number of aliphatic hydroxyl groups excluding tert-OH is 1. The fourth-order valence-electron chi connectivity index (χ4n) is 4.63. The predicted octanol–water partition coefficient (Wildman–Crippen LogP) is 3.78. The number of anilines is 1. The molecule has 1 unspecified atom stereocenters. The fraction of sp³-hybridized carbons (Fsp3) is 0.500. The van der Waals surface area contributed by atoms with Crippen LogP contribution in [0, 0.1) is 5.92 Å². The Morgan fingerprint density at radius 2 is 1.98 bits per heavy atom. The van der Waals surface area contributed by atoms with E-state index in [1.807, 2.05) is 0 Å². The zero-order valence-corrected chi connectivity index (χ0v) is 24.5. The highest BCUT2D eigenvalue weighted by atomic mass is 35.5. The molecule has 0 amide bonds. The first-order valence-corrected chi connectivity index (χ1v) is 15.1. The van der Waals surface area contributed by atoms with Crippen molar-refractivity contribution in [3.63, 3.8) is 0 Å². The van der Waals surface area contributed by atoms with E-state index in [-0.39, 0.29) is 35.0 Å². The third-order valence-corrected chi connectivity index (χ3v) is 9.23. The smallest absolute Gasteiger partial charge is 0.380 e. The Morgan fingerprint density at radius 1 is 1.29 bits per heavy atom. The molecule has 12 nitrogen and oxygen atoms in total. The number of halogens is 2. The molecule has 41 heavy (non-hydrogen) atoms. The van der Waals surface area contributed by atoms with Gasteiger partial charge in [0.15, 0.2) is 11.9 Å². The molecule has 4 N–H and O–H groups in total. The van der Waals surface area contributed by atoms with Crippen molar-refractivity contribution in [1.82, 2.24) is 14.5 Å². The van der Waals surface area contributed by atoms with Crippen LogP contribution in [0.4, 0.5) is 10.3 Å². The number of nitrogens with one attached hydrogen (secondary N) is 1. The molecule has 0 bridgehead atoms. The molecule has 1 aliphatic rings. The van der Waals surface area contributed by atoms with Gasteiger partial charge in [-0.3, -0.25) is 19.1 Å². The van der Waals surface area contributed by atoms with Crippen molar-refractivity contribution in [3.8, 4) is 5.75 Å². The zero-order chi connectivity index (χ0) is 30.1. The molecule has 0 spiro atoms. The molecule has 224 valence electrons. The minimum Gasteiger partial charge on any atom is -0.463 e. The number of hydrogen-bond donors (Lipinski definition) is 3. The number of H-pyrrole nitrogens is 1. The summed E-state index contributed by atoms with van der Waals surface area (Å²) in [4.78, 5) is 29.3. The van der Waals surface area contributed by atoms with Crippen molar-refractivity contribution in [2.24, 2.45) is 5.92 Å². The first kappa shape index (κ1) is 31.0. The second-order valence-corrected chi connectivity index (χ2v) is 12.9. The van der Waals surface area contributed by atoms with Crippen LogP contribution in [-0.4, -0.2) is 67.7 Å². The monoisotopic (exact) mass is 614 g/mol. The van der Waals surface area contributed by atoms with Crippen LogP contribution in [0.25, 0.3) is 11.0 Å². The molecule has 0 radical (unpaired) electrons. The van der Waals surface area contributed by atoms with E-state index in [1.165, 1.54) is 30.7 Å². The lowest BCUT2D eigenvalue weighted by Gasteiger charge is -2.29. The molecular weight excluding hydrogens is 582 g/mol. The van der Waals surface area contributed by atoms with E-state index >= 15 is 0 Å². The van der Waals surface area contributed by atoms with Gasteiger partial charge in [-0.25, -0.2) is 8.96 Å². The predicted molar refractivity (Wildman–Crippen MR) is 150 cm³/mol. The van der Waals surface area contributed by atoms with Gasteiger partial charge in [-0.2, -0.15) is 4.98 Å². The van der Waals surface area contributed by atoms with E-state index in [1.54, 1.807) is 44.2 Å². The second kappa shape index (κ2) is 12.1. The summed E-state index contributed by atoms with van der Waals surface area (Å²) >= 11 is 6.62. The molecule has 2 aromatic heterocycles. The third kappa shape index (κ3) is 6.44. The van der Waals surface area contributed by atoms with Crippen LogP contribution in [0.15, 0.2) is 47.4 Å². The lowest BCUT2D eigenvalue weighted by molar-refractivity contribution is -0.151. The number of aliphatic hydroxyl groups is 1. The molecule has 1 aliphatic heterocycles. The molecular formula is C26H33ClFN4O8P. The summed E-state index contributed by atoms with van der Waals surface area (Å²) in [5.74, 6) is -1.43. The summed E-state index contributed by atoms with van der Waals surface area (Å²) < 4.78 is 52.8. The van der Waals surface area contributed by atoms with Crippen LogP contribution in [0.1, 0.15) is 33.9 Å². The van der Waals surface area contributed by atoms with Gasteiger partial charge >= 0.3 is 13.6 Å². The Balaban J connectivity index is 1.63. The normalized spacial score (nSPS) is 25.6. The number of rotatable bonds is 11. The maximum absolute atomic E-state index is 14.5. The number of alkyl halides is 2. The van der Waals surface area contributed by atoms with Gasteiger partial charge in [-0.05, 0) is 39.0 Å². The summed E-state index contributed by atoms with van der Waals surface area (Å²) in [6.45, 7) is 5.13. The fourth-order valence-corrected chi connectivity index (χ4v) is 7.00. The molecule has 0 aliphatic carbocycles. The van der Waals surface area contributed by atoms with Gasteiger partial charge in [0.25, 0.3) is 5.56 Å². The maximum atomic E-state index is 14.5. The molecule has 1 aromatic carbocycles. The molecule has 7 atom stereocenters. The van der Waals surface area contributed by atoms with E-state index in [9.17, 15) is 23.7 Å². The summed E-state index contributed by atoms with van der Waals surface area (Å²) in [7, 11) is -4.12. The van der Waals surface area contributed by atoms with Gasteiger partial charge in [0.2, 0.25) is 5.95 Å². The number of hydrogen-bond acceptors (Lipinski definition) is 10. The van der Waals surface area contributed by atoms with Crippen LogP contribution in [0.5, 0.6) is 5.75 Å². The number of ether oxygens (including phenoxy) is 2. The number of esters is 1. The minimum absolute atomic E-state index is 0.0618. The number of benzene rings is 1. The lowest BCUT2D eigenvalue weighted by atomic mass is 9.97. The molecule has 4 rings (SSSR count). The molecule has 1 saturated heterocycles. The van der Waals surface area contributed by atoms with E-state index in [0.29, 0.717) is 0 Å². The Morgan fingerprint density at radius 3 is 2.61 bits per heavy atom. The Hall–Kier alpha value is -2.96. The van der Waals surface area contributed by atoms with Crippen LogP contribution in [0.2, 0.25) is 0 Å². The van der Waals surface area contributed by atoms with Gasteiger partial charge in [-0.15, -0.1) is 11.6 Å². The van der Waals surface area contributed by atoms with Crippen LogP contribution < -0.4 is 15.8 Å². The summed E-state index contributed by atoms with van der Waals surface area (Å²) in [5.41, 5.74) is 5.24. The van der Waals surface area contributed by atoms with Crippen LogP contribution in [-0.2, 0) is 23.4 Å². The zero-order valence-electron chi connectivity index (χ0n) is 22.9. The Kier molecular flexibility index (Phi) is 9.15. The van der Waals surface area contributed by atoms with Crippen molar-refractivity contribution in [1.29, 1.82) is 0 Å². The average Bonchev–Trinajstić information content (AvgIpc) is 3.42. The summed E-state index contributed by atoms with van der Waals surface area (Å²) in [6, 6.07) is 9.65. The highest BCUT2D eigenvalue weighted by molar-refractivity contribution is 7.54. The SMILES string of the molecule is CC(C)OC(=O)[C@H](C)C[P@](=O)(Oc1ccccc1)O[C@@H](C)[C@H]1O[C@@H](n2ccc3c(=O)[nH]c(N)nc32)C(Cl)(CF)[C@H]1O. The van der Waals surface area contributed by atoms with Crippen molar-refractivity contribution < 1.29 is 37.4 Å². The average molecular weight is 615 g/mol. The Labute approximate surface area is 240 Å². The molecule has 3 aromatic rings. The van der Waals surface area contributed by atoms with Gasteiger partial charge in [0.1, 0.15) is 29.5 Å². The van der Waals surface area contributed by atoms with Gasteiger partial charge in [0.05, 0.1) is 29.7 Å². The number of carbonyl (C=O) groups is 1. The van der Waals surface area contributed by atoms with E-state index in [4.69, 9.17) is 35.9 Å². The summed E-state index contributed by atoms with van der Waals surface area (Å²) in [6.07, 6.45) is -4.84. The van der Waals surface area contributed by atoms with Gasteiger partial charge < -0.3 is 29.4 Å². The molecule has 0 saturated carbocycles. The number of carbonyl (C=O) groups excluding carboxylic acids is 1. The highest BCUT2D eigenvalue weighted by Gasteiger charge is 2.59. The second-order valence-electron chi connectivity index (χ2n) is 10.3.